The zero-order valence-electron chi connectivity index (χ0n) is 10.3. The number of H-pyrrole nitrogens is 1. The summed E-state index contributed by atoms with van der Waals surface area (Å²) >= 11 is 0. The normalized spacial score (nSPS) is 11.2. The first-order valence-electron chi connectivity index (χ1n) is 5.73. The van der Waals surface area contributed by atoms with Crippen molar-refractivity contribution in [2.75, 3.05) is 6.61 Å². The van der Waals surface area contributed by atoms with Crippen LogP contribution < -0.4 is 4.74 Å². The summed E-state index contributed by atoms with van der Waals surface area (Å²) in [5.74, 6) is 0.972. The van der Waals surface area contributed by atoms with Crippen LogP contribution in [0, 0.1) is 17.2 Å². The molecule has 0 aliphatic heterocycles. The maximum Gasteiger partial charge on any atom is 0.226 e. The summed E-state index contributed by atoms with van der Waals surface area (Å²) in [5.41, 5.74) is 1.56. The number of allylic oxidation sites excluding steroid dienone is 1. The number of nitrogens with zero attached hydrogens (tertiary/aromatic N) is 3. The highest BCUT2D eigenvalue weighted by molar-refractivity contribution is 5.90. The minimum absolute atomic E-state index is 0.423. The summed E-state index contributed by atoms with van der Waals surface area (Å²) in [6.07, 6.45) is 6.38. The highest BCUT2D eigenvalue weighted by atomic mass is 16.5. The van der Waals surface area contributed by atoms with E-state index < -0.39 is 0 Å². The Morgan fingerprint density at radius 2 is 2.33 bits per heavy atom. The molecule has 0 spiro atoms. The van der Waals surface area contributed by atoms with E-state index in [0.717, 1.165) is 10.9 Å². The summed E-state index contributed by atoms with van der Waals surface area (Å²) in [6.45, 7) is 4.75. The van der Waals surface area contributed by atoms with Crippen molar-refractivity contribution in [1.82, 2.24) is 15.0 Å². The molecule has 0 amide bonds. The number of hydrogen-bond donors (Lipinski definition) is 1. The molecule has 0 aliphatic rings. The fourth-order valence-electron chi connectivity index (χ4n) is 1.57. The van der Waals surface area contributed by atoms with Gasteiger partial charge in [-0.3, -0.25) is 0 Å². The van der Waals surface area contributed by atoms with Gasteiger partial charge in [0.1, 0.15) is 12.0 Å². The lowest BCUT2D eigenvalue weighted by molar-refractivity contribution is 0.264. The molecule has 1 N–H and O–H groups in total. The number of rotatable bonds is 4. The Kier molecular flexibility index (Phi) is 3.58. The van der Waals surface area contributed by atoms with Gasteiger partial charge in [-0.05, 0) is 12.0 Å². The lowest BCUT2D eigenvalue weighted by atomic mass is 10.2. The Morgan fingerprint density at radius 1 is 1.50 bits per heavy atom. The van der Waals surface area contributed by atoms with Crippen LogP contribution in [-0.2, 0) is 0 Å². The van der Waals surface area contributed by atoms with Crippen LogP contribution in [0.25, 0.3) is 17.1 Å². The lowest BCUT2D eigenvalue weighted by Gasteiger charge is -2.08. The van der Waals surface area contributed by atoms with Crippen molar-refractivity contribution in [2.45, 2.75) is 13.8 Å². The Balaban J connectivity index is 2.42. The number of nitriles is 1. The van der Waals surface area contributed by atoms with Crippen molar-refractivity contribution in [3.8, 4) is 11.9 Å². The van der Waals surface area contributed by atoms with Gasteiger partial charge in [-0.15, -0.1) is 0 Å². The first-order chi connectivity index (χ1) is 8.72. The minimum Gasteiger partial charge on any atom is -0.477 e. The molecule has 2 heterocycles. The zero-order chi connectivity index (χ0) is 13.0. The largest absolute Gasteiger partial charge is 0.477 e. The molecule has 0 fully saturated rings. The summed E-state index contributed by atoms with van der Waals surface area (Å²) in [5, 5.41) is 9.38. The maximum atomic E-state index is 8.57. The standard InChI is InChI=1S/C13H14N4O/c1-9(2)7-18-13-11-10(4-3-5-14)6-15-12(11)16-8-17-13/h3-4,6,8-9H,7H2,1-2H3,(H,15,16,17)/b4-3-. The number of ether oxygens (including phenoxy) is 1. The van der Waals surface area contributed by atoms with Gasteiger partial charge in [0.2, 0.25) is 5.88 Å². The van der Waals surface area contributed by atoms with Crippen molar-refractivity contribution in [3.63, 3.8) is 0 Å². The predicted molar refractivity (Wildman–Crippen MR) is 68.9 cm³/mol. The highest BCUT2D eigenvalue weighted by Gasteiger charge is 2.10. The van der Waals surface area contributed by atoms with Gasteiger partial charge in [-0.2, -0.15) is 5.26 Å². The number of fused-ring (bicyclic) bond motifs is 1. The predicted octanol–water partition coefficient (Wildman–Crippen LogP) is 2.53. The third-order valence-electron chi connectivity index (χ3n) is 2.36. The summed E-state index contributed by atoms with van der Waals surface area (Å²) < 4.78 is 5.67. The van der Waals surface area contributed by atoms with E-state index in [1.54, 1.807) is 12.3 Å². The molecular formula is C13H14N4O. The smallest absolute Gasteiger partial charge is 0.226 e. The SMILES string of the molecule is CC(C)COc1ncnc2[nH]cc(/C=C\C#N)c12. The zero-order valence-corrected chi connectivity index (χ0v) is 10.3. The average Bonchev–Trinajstić information content (AvgIpc) is 2.77. The highest BCUT2D eigenvalue weighted by Crippen LogP contribution is 2.26. The second kappa shape index (κ2) is 5.32. The molecule has 0 atom stereocenters. The van der Waals surface area contributed by atoms with E-state index in [4.69, 9.17) is 10.00 Å². The molecule has 0 saturated heterocycles. The molecule has 2 aromatic heterocycles. The fourth-order valence-corrected chi connectivity index (χ4v) is 1.57. The molecule has 0 saturated carbocycles. The van der Waals surface area contributed by atoms with E-state index in [2.05, 4.69) is 28.8 Å². The van der Waals surface area contributed by atoms with Gasteiger partial charge in [0.25, 0.3) is 0 Å². The molecule has 2 rings (SSSR count). The molecular weight excluding hydrogens is 228 g/mol. The van der Waals surface area contributed by atoms with E-state index in [9.17, 15) is 0 Å². The topological polar surface area (TPSA) is 74.6 Å². The summed E-state index contributed by atoms with van der Waals surface area (Å²) in [6, 6.07) is 1.96. The van der Waals surface area contributed by atoms with Crippen LogP contribution in [0.3, 0.4) is 0 Å². The van der Waals surface area contributed by atoms with Crippen LogP contribution in [-0.4, -0.2) is 21.6 Å². The van der Waals surface area contributed by atoms with Gasteiger partial charge < -0.3 is 9.72 Å². The molecule has 0 radical (unpaired) electrons. The first-order valence-corrected chi connectivity index (χ1v) is 5.73. The van der Waals surface area contributed by atoms with Crippen LogP contribution in [0.2, 0.25) is 0 Å². The van der Waals surface area contributed by atoms with Crippen LogP contribution in [0.4, 0.5) is 0 Å². The Hall–Kier alpha value is -2.35. The van der Waals surface area contributed by atoms with E-state index in [1.165, 1.54) is 12.4 Å². The van der Waals surface area contributed by atoms with E-state index in [1.807, 2.05) is 6.07 Å². The maximum absolute atomic E-state index is 8.57. The second-order valence-electron chi connectivity index (χ2n) is 4.31. The van der Waals surface area contributed by atoms with Gasteiger partial charge in [-0.25, -0.2) is 9.97 Å². The molecule has 0 bridgehead atoms. The van der Waals surface area contributed by atoms with Crippen molar-refractivity contribution < 1.29 is 4.74 Å². The summed E-state index contributed by atoms with van der Waals surface area (Å²) in [7, 11) is 0. The van der Waals surface area contributed by atoms with Crippen LogP contribution in [0.15, 0.2) is 18.6 Å². The van der Waals surface area contributed by atoms with Crippen molar-refractivity contribution in [2.24, 2.45) is 5.92 Å². The van der Waals surface area contributed by atoms with Gasteiger partial charge in [0.15, 0.2) is 0 Å². The number of aromatic amines is 1. The quantitative estimate of drug-likeness (QED) is 0.836. The van der Waals surface area contributed by atoms with Gasteiger partial charge in [0.05, 0.1) is 18.1 Å². The van der Waals surface area contributed by atoms with Gasteiger partial charge in [-0.1, -0.05) is 13.8 Å². The minimum atomic E-state index is 0.423. The van der Waals surface area contributed by atoms with Gasteiger partial charge >= 0.3 is 0 Å². The molecule has 5 heteroatoms. The van der Waals surface area contributed by atoms with Crippen molar-refractivity contribution in [3.05, 3.63) is 24.2 Å². The van der Waals surface area contributed by atoms with Crippen LogP contribution in [0.1, 0.15) is 19.4 Å². The van der Waals surface area contributed by atoms with Crippen molar-refractivity contribution in [1.29, 1.82) is 5.26 Å². The lowest BCUT2D eigenvalue weighted by Crippen LogP contribution is -2.06. The van der Waals surface area contributed by atoms with Crippen LogP contribution >= 0.6 is 0 Å². The first kappa shape index (κ1) is 12.1. The fraction of sp³-hybridized carbons (Fsp3) is 0.308. The molecule has 0 aliphatic carbocycles. The molecule has 92 valence electrons. The molecule has 5 nitrogen and oxygen atoms in total. The molecule has 18 heavy (non-hydrogen) atoms. The van der Waals surface area contributed by atoms with Gasteiger partial charge in [0, 0.05) is 17.8 Å². The molecule has 2 aromatic rings. The van der Waals surface area contributed by atoms with Crippen molar-refractivity contribution >= 4 is 17.1 Å². The number of nitrogens with one attached hydrogen (secondary N) is 1. The molecule has 0 unspecified atom stereocenters. The number of hydrogen-bond acceptors (Lipinski definition) is 4. The Morgan fingerprint density at radius 3 is 3.06 bits per heavy atom. The average molecular weight is 242 g/mol. The Labute approximate surface area is 105 Å². The molecule has 0 aromatic carbocycles. The Bertz CT molecular complexity index is 607. The van der Waals surface area contributed by atoms with E-state index in [0.29, 0.717) is 24.1 Å². The van der Waals surface area contributed by atoms with E-state index >= 15 is 0 Å². The van der Waals surface area contributed by atoms with E-state index in [-0.39, 0.29) is 0 Å². The third-order valence-corrected chi connectivity index (χ3v) is 2.36. The summed E-state index contributed by atoms with van der Waals surface area (Å²) in [4.78, 5) is 11.3. The number of aromatic nitrogens is 3. The monoisotopic (exact) mass is 242 g/mol. The van der Waals surface area contributed by atoms with Crippen LogP contribution in [0.5, 0.6) is 5.88 Å². The third kappa shape index (κ3) is 2.48. The second-order valence-corrected chi connectivity index (χ2v) is 4.31.